The highest BCUT2D eigenvalue weighted by Gasteiger charge is 2.22. The van der Waals surface area contributed by atoms with Crippen molar-refractivity contribution < 1.29 is 19.8 Å². The first-order valence-electron chi connectivity index (χ1n) is 9.32. The largest absolute Gasteiger partial charge is 0.478 e. The number of aromatic carboxylic acids is 2. The third-order valence-corrected chi connectivity index (χ3v) is 4.96. The van der Waals surface area contributed by atoms with E-state index >= 15 is 0 Å². The number of carboxylic acids is 2. The summed E-state index contributed by atoms with van der Waals surface area (Å²) in [5.74, 6) is -1.62. The van der Waals surface area contributed by atoms with E-state index in [9.17, 15) is 19.8 Å². The van der Waals surface area contributed by atoms with Gasteiger partial charge < -0.3 is 14.8 Å². The number of unbranched alkanes of at least 4 members (excludes halogenated alkanes) is 1. The van der Waals surface area contributed by atoms with Crippen LogP contribution in [0.1, 0.15) is 52.0 Å². The van der Waals surface area contributed by atoms with Gasteiger partial charge in [0.2, 0.25) is 0 Å². The van der Waals surface area contributed by atoms with E-state index in [0.717, 1.165) is 18.4 Å². The Morgan fingerprint density at radius 3 is 2.41 bits per heavy atom. The molecule has 0 spiro atoms. The quantitative estimate of drug-likeness (QED) is 0.543. The molecule has 29 heavy (non-hydrogen) atoms. The maximum Gasteiger partial charge on any atom is 0.355 e. The molecule has 2 N–H and O–H groups in total. The first kappa shape index (κ1) is 20.6. The molecule has 0 aliphatic rings. The molecule has 0 fully saturated rings. The fourth-order valence-electron chi connectivity index (χ4n) is 3.29. The summed E-state index contributed by atoms with van der Waals surface area (Å²) in [6.07, 6.45) is 2.37. The molecule has 3 rings (SSSR count). The number of benzene rings is 2. The van der Waals surface area contributed by atoms with Crippen LogP contribution in [0.3, 0.4) is 0 Å². The standard InChI is InChI=1S/C22H21ClN2O4/c1-2-3-9-18-24-20(23)19(22(28)29)25(18)13-14-10-11-16(17(12-14)21(26)27)15-7-5-4-6-8-15/h4-8,10-12H,2-3,9,13H2,1H3,(H,26,27)(H,28,29). The Balaban J connectivity index is 2.04. The maximum absolute atomic E-state index is 11.9. The van der Waals surface area contributed by atoms with Gasteiger partial charge in [0, 0.05) is 13.0 Å². The lowest BCUT2D eigenvalue weighted by Gasteiger charge is -2.13. The molecule has 7 heteroatoms. The van der Waals surface area contributed by atoms with Gasteiger partial charge in [-0.2, -0.15) is 0 Å². The third kappa shape index (κ3) is 4.49. The van der Waals surface area contributed by atoms with E-state index in [1.165, 1.54) is 0 Å². The van der Waals surface area contributed by atoms with Crippen molar-refractivity contribution in [1.29, 1.82) is 0 Å². The normalized spacial score (nSPS) is 10.8. The zero-order valence-corrected chi connectivity index (χ0v) is 16.7. The van der Waals surface area contributed by atoms with Gasteiger partial charge in [0.15, 0.2) is 10.8 Å². The van der Waals surface area contributed by atoms with Gasteiger partial charge in [-0.3, -0.25) is 0 Å². The summed E-state index contributed by atoms with van der Waals surface area (Å²) in [6.45, 7) is 2.21. The maximum atomic E-state index is 11.9. The second kappa shape index (κ2) is 8.92. The Bertz CT molecular complexity index is 1040. The van der Waals surface area contributed by atoms with Crippen molar-refractivity contribution in [2.45, 2.75) is 32.7 Å². The first-order valence-corrected chi connectivity index (χ1v) is 9.70. The summed E-state index contributed by atoms with van der Waals surface area (Å²) in [6, 6.07) is 14.4. The summed E-state index contributed by atoms with van der Waals surface area (Å²) >= 11 is 6.07. The molecule has 0 saturated carbocycles. The lowest BCUT2D eigenvalue weighted by atomic mass is 9.97. The van der Waals surface area contributed by atoms with Crippen LogP contribution in [0.25, 0.3) is 11.1 Å². The number of aromatic nitrogens is 2. The molecule has 0 radical (unpaired) electrons. The van der Waals surface area contributed by atoms with Crippen molar-refractivity contribution in [2.75, 3.05) is 0 Å². The number of hydrogen-bond acceptors (Lipinski definition) is 3. The second-order valence-electron chi connectivity index (χ2n) is 6.71. The van der Waals surface area contributed by atoms with Crippen molar-refractivity contribution in [1.82, 2.24) is 9.55 Å². The van der Waals surface area contributed by atoms with E-state index in [1.54, 1.807) is 22.8 Å². The molecule has 6 nitrogen and oxygen atoms in total. The van der Waals surface area contributed by atoms with E-state index < -0.39 is 11.9 Å². The van der Waals surface area contributed by atoms with Gasteiger partial charge in [-0.15, -0.1) is 0 Å². The molecule has 0 atom stereocenters. The van der Waals surface area contributed by atoms with Crippen LogP contribution in [-0.2, 0) is 13.0 Å². The summed E-state index contributed by atoms with van der Waals surface area (Å²) < 4.78 is 1.56. The Morgan fingerprint density at radius 2 is 1.79 bits per heavy atom. The number of aryl methyl sites for hydroxylation is 1. The van der Waals surface area contributed by atoms with Gasteiger partial charge in [-0.05, 0) is 29.2 Å². The zero-order valence-electron chi connectivity index (χ0n) is 15.9. The fraction of sp³-hybridized carbons (Fsp3) is 0.227. The predicted molar refractivity (Wildman–Crippen MR) is 111 cm³/mol. The number of carbonyl (C=O) groups is 2. The zero-order chi connectivity index (χ0) is 21.0. The summed E-state index contributed by atoms with van der Waals surface area (Å²) in [7, 11) is 0. The van der Waals surface area contributed by atoms with Crippen molar-refractivity contribution >= 4 is 23.5 Å². The molecule has 1 aromatic heterocycles. The van der Waals surface area contributed by atoms with Crippen molar-refractivity contribution in [3.05, 3.63) is 76.3 Å². The van der Waals surface area contributed by atoms with Crippen LogP contribution in [-0.4, -0.2) is 31.7 Å². The molecular weight excluding hydrogens is 392 g/mol. The van der Waals surface area contributed by atoms with Gasteiger partial charge in [-0.25, -0.2) is 14.6 Å². The molecule has 0 bridgehead atoms. The van der Waals surface area contributed by atoms with E-state index in [4.69, 9.17) is 11.6 Å². The van der Waals surface area contributed by atoms with Crippen LogP contribution in [0.5, 0.6) is 0 Å². The first-order chi connectivity index (χ1) is 13.9. The Morgan fingerprint density at radius 1 is 1.07 bits per heavy atom. The number of rotatable bonds is 8. The number of carboxylic acid groups (broad SMARTS) is 2. The number of halogens is 1. The predicted octanol–water partition coefficient (Wildman–Crippen LogP) is 4.99. The van der Waals surface area contributed by atoms with Gasteiger partial charge in [0.05, 0.1) is 5.56 Å². The lowest BCUT2D eigenvalue weighted by molar-refractivity contribution is 0.0678. The van der Waals surface area contributed by atoms with Gasteiger partial charge in [0.25, 0.3) is 0 Å². The van der Waals surface area contributed by atoms with Crippen LogP contribution >= 0.6 is 11.6 Å². The van der Waals surface area contributed by atoms with Crippen LogP contribution in [0.4, 0.5) is 0 Å². The summed E-state index contributed by atoms with van der Waals surface area (Å²) in [5, 5.41) is 19.2. The Labute approximate surface area is 173 Å². The van der Waals surface area contributed by atoms with Crippen molar-refractivity contribution in [3.8, 4) is 11.1 Å². The second-order valence-corrected chi connectivity index (χ2v) is 7.07. The molecule has 150 valence electrons. The van der Waals surface area contributed by atoms with Crippen molar-refractivity contribution in [2.24, 2.45) is 0 Å². The highest BCUT2D eigenvalue weighted by Crippen LogP contribution is 2.27. The Hall–Kier alpha value is -3.12. The van der Waals surface area contributed by atoms with Gasteiger partial charge in [-0.1, -0.05) is 67.4 Å². The molecule has 0 amide bonds. The van der Waals surface area contributed by atoms with Gasteiger partial charge in [0.1, 0.15) is 5.82 Å². The highest BCUT2D eigenvalue weighted by atomic mass is 35.5. The topological polar surface area (TPSA) is 92.4 Å². The van der Waals surface area contributed by atoms with E-state index in [0.29, 0.717) is 23.4 Å². The van der Waals surface area contributed by atoms with Crippen LogP contribution in [0.15, 0.2) is 48.5 Å². The van der Waals surface area contributed by atoms with E-state index in [1.807, 2.05) is 37.3 Å². The summed E-state index contributed by atoms with van der Waals surface area (Å²) in [5.41, 5.74) is 2.15. The van der Waals surface area contributed by atoms with Crippen LogP contribution in [0, 0.1) is 0 Å². The van der Waals surface area contributed by atoms with Crippen LogP contribution < -0.4 is 0 Å². The highest BCUT2D eigenvalue weighted by molar-refractivity contribution is 6.32. The monoisotopic (exact) mass is 412 g/mol. The van der Waals surface area contributed by atoms with E-state index in [-0.39, 0.29) is 23.0 Å². The van der Waals surface area contributed by atoms with Crippen molar-refractivity contribution in [3.63, 3.8) is 0 Å². The average Bonchev–Trinajstić information content (AvgIpc) is 3.02. The minimum absolute atomic E-state index is 0.0528. The minimum Gasteiger partial charge on any atom is -0.478 e. The number of nitrogens with zero attached hydrogens (tertiary/aromatic N) is 2. The third-order valence-electron chi connectivity index (χ3n) is 4.70. The molecule has 0 aliphatic carbocycles. The molecule has 0 saturated heterocycles. The number of hydrogen-bond donors (Lipinski definition) is 2. The van der Waals surface area contributed by atoms with E-state index in [2.05, 4.69) is 4.98 Å². The molecule has 0 unspecified atom stereocenters. The molecule has 0 aliphatic heterocycles. The lowest BCUT2D eigenvalue weighted by Crippen LogP contribution is -2.13. The summed E-state index contributed by atoms with van der Waals surface area (Å²) in [4.78, 5) is 27.8. The fourth-order valence-corrected chi connectivity index (χ4v) is 3.57. The van der Waals surface area contributed by atoms with Gasteiger partial charge >= 0.3 is 11.9 Å². The van der Waals surface area contributed by atoms with Crippen LogP contribution in [0.2, 0.25) is 5.15 Å². The molecule has 2 aromatic carbocycles. The average molecular weight is 413 g/mol. The Kier molecular flexibility index (Phi) is 6.34. The minimum atomic E-state index is -1.16. The smallest absolute Gasteiger partial charge is 0.355 e. The molecule has 1 heterocycles. The molecule has 3 aromatic rings. The SMILES string of the molecule is CCCCc1nc(Cl)c(C(=O)O)n1Cc1ccc(-c2ccccc2)c(C(=O)O)c1. The molecular formula is C22H21ClN2O4. The number of imidazole rings is 1.